The second-order valence-corrected chi connectivity index (χ2v) is 14.3. The van der Waals surface area contributed by atoms with Gasteiger partial charge < -0.3 is 19.5 Å². The van der Waals surface area contributed by atoms with Crippen molar-refractivity contribution in [3.8, 4) is 0 Å². The minimum Gasteiger partial charge on any atom is -0.481 e. The van der Waals surface area contributed by atoms with Crippen LogP contribution in [0.2, 0.25) is 0 Å². The van der Waals surface area contributed by atoms with Gasteiger partial charge in [-0.15, -0.1) is 0 Å². The second-order valence-electron chi connectivity index (χ2n) is 14.3. The predicted octanol–water partition coefficient (Wildman–Crippen LogP) is 10.1. The van der Waals surface area contributed by atoms with E-state index in [0.717, 1.165) is 25.8 Å². The largest absolute Gasteiger partial charge is 0.481 e. The molecule has 0 aliphatic heterocycles. The minimum absolute atomic E-state index is 0.0427. The van der Waals surface area contributed by atoms with Crippen molar-refractivity contribution in [1.82, 2.24) is 4.90 Å². The van der Waals surface area contributed by atoms with E-state index in [2.05, 4.69) is 6.92 Å². The van der Waals surface area contributed by atoms with Gasteiger partial charge in [0.2, 0.25) is 0 Å². The van der Waals surface area contributed by atoms with Crippen LogP contribution in [0.5, 0.6) is 0 Å². The first-order valence-corrected chi connectivity index (χ1v) is 17.7. The Morgan fingerprint density at radius 2 is 0.841 bits per heavy atom. The number of unbranched alkanes of at least 4 members (excludes halogenated alkanes) is 12. The van der Waals surface area contributed by atoms with Gasteiger partial charge in [-0.3, -0.25) is 14.4 Å². The van der Waals surface area contributed by atoms with Crippen LogP contribution >= 0.6 is 0 Å². The number of hydrogen-bond donors (Lipinski definition) is 1. The molecule has 0 bridgehead atoms. The van der Waals surface area contributed by atoms with Gasteiger partial charge in [-0.1, -0.05) is 105 Å². The number of esters is 2. The van der Waals surface area contributed by atoms with Crippen LogP contribution in [0.15, 0.2) is 0 Å². The molecule has 0 radical (unpaired) electrons. The predicted molar refractivity (Wildman–Crippen MR) is 186 cm³/mol. The van der Waals surface area contributed by atoms with Gasteiger partial charge in [-0.25, -0.2) is 0 Å². The maximum absolute atomic E-state index is 11.8. The second kappa shape index (κ2) is 27.7. The van der Waals surface area contributed by atoms with Gasteiger partial charge in [-0.05, 0) is 81.3 Å². The molecule has 264 valence electrons. The highest BCUT2D eigenvalue weighted by Gasteiger charge is 2.27. The van der Waals surface area contributed by atoms with Crippen LogP contribution in [-0.4, -0.2) is 61.8 Å². The van der Waals surface area contributed by atoms with Crippen LogP contribution in [0.25, 0.3) is 0 Å². The van der Waals surface area contributed by atoms with Gasteiger partial charge >= 0.3 is 17.9 Å². The van der Waals surface area contributed by atoms with E-state index in [-0.39, 0.29) is 22.8 Å². The summed E-state index contributed by atoms with van der Waals surface area (Å²) >= 11 is 0. The lowest BCUT2D eigenvalue weighted by Gasteiger charge is -2.20. The number of aliphatic carboxylic acids is 1. The van der Waals surface area contributed by atoms with Gasteiger partial charge in [0, 0.05) is 6.54 Å². The Bertz CT molecular complexity index is 715. The molecule has 0 aliphatic carbocycles. The molecule has 0 aromatic heterocycles. The van der Waals surface area contributed by atoms with Crippen molar-refractivity contribution in [2.45, 2.75) is 172 Å². The Labute approximate surface area is 273 Å². The van der Waals surface area contributed by atoms with Crippen molar-refractivity contribution in [3.05, 3.63) is 0 Å². The van der Waals surface area contributed by atoms with E-state index >= 15 is 0 Å². The van der Waals surface area contributed by atoms with E-state index in [4.69, 9.17) is 14.6 Å². The molecular weight excluding hydrogens is 554 g/mol. The smallest absolute Gasteiger partial charge is 0.311 e. The summed E-state index contributed by atoms with van der Waals surface area (Å²) in [5.74, 6) is -0.865. The maximum Gasteiger partial charge on any atom is 0.311 e. The lowest BCUT2D eigenvalue weighted by Crippen LogP contribution is -2.28. The van der Waals surface area contributed by atoms with Crippen molar-refractivity contribution < 1.29 is 29.0 Å². The zero-order valence-electron chi connectivity index (χ0n) is 31.4. The molecule has 0 aromatic rings. The molecule has 0 saturated heterocycles. The number of ether oxygens (including phenoxy) is 2. The molecule has 44 heavy (non-hydrogen) atoms. The molecule has 0 aliphatic rings. The zero-order valence-corrected chi connectivity index (χ0v) is 31.4. The maximum atomic E-state index is 11.8. The molecule has 7 heteroatoms. The number of likely N-dealkylation sites (N-methyl/N-ethyl adjacent to an activating group) is 1. The average Bonchev–Trinajstić information content (AvgIpc) is 2.97. The highest BCUT2D eigenvalue weighted by molar-refractivity contribution is 5.76. The zero-order chi connectivity index (χ0) is 34.7. The van der Waals surface area contributed by atoms with Crippen molar-refractivity contribution in [1.29, 1.82) is 0 Å². The third-order valence-corrected chi connectivity index (χ3v) is 8.59. The lowest BCUT2D eigenvalue weighted by atomic mass is 9.91. The van der Waals surface area contributed by atoms with E-state index in [0.29, 0.717) is 19.6 Å². The summed E-state index contributed by atoms with van der Waals surface area (Å²) in [6.07, 6.45) is 19.8. The standard InChI is InChI=1S/C21H42O2.C10H21NO2.C6H12O2/c1-5-7-8-9-10-11-12-13-14-15-16-17-18-19-23-20(22)21(3,4)6-2;1-6-10(2,3)9(12)13-8-7-11(4)5;1-4-6(2,3)5(7)8/h5-19H2,1-4H3;6-8H2,1-5H3;4H2,1-3H3,(H,7,8). The first-order chi connectivity index (χ1) is 20.4. The van der Waals surface area contributed by atoms with Crippen LogP contribution in [-0.2, 0) is 23.9 Å². The van der Waals surface area contributed by atoms with E-state index < -0.39 is 11.4 Å². The highest BCUT2D eigenvalue weighted by atomic mass is 16.5. The van der Waals surface area contributed by atoms with Crippen molar-refractivity contribution in [3.63, 3.8) is 0 Å². The first kappa shape index (κ1) is 46.8. The molecule has 0 amide bonds. The van der Waals surface area contributed by atoms with E-state index in [1.54, 1.807) is 13.8 Å². The van der Waals surface area contributed by atoms with Gasteiger partial charge in [0.25, 0.3) is 0 Å². The number of carbonyl (C=O) groups excluding carboxylic acids is 2. The quantitative estimate of drug-likeness (QED) is 0.0888. The van der Waals surface area contributed by atoms with Crippen LogP contribution in [0.4, 0.5) is 0 Å². The van der Waals surface area contributed by atoms with Crippen LogP contribution in [0, 0.1) is 16.2 Å². The average molecular weight is 630 g/mol. The molecule has 0 atom stereocenters. The van der Waals surface area contributed by atoms with Crippen molar-refractivity contribution in [2.75, 3.05) is 33.9 Å². The number of carboxylic acid groups (broad SMARTS) is 1. The molecule has 7 nitrogen and oxygen atoms in total. The van der Waals surface area contributed by atoms with Gasteiger partial charge in [-0.2, -0.15) is 0 Å². The summed E-state index contributed by atoms with van der Waals surface area (Å²) in [6, 6.07) is 0. The summed E-state index contributed by atoms with van der Waals surface area (Å²) in [6.45, 7) is 21.2. The van der Waals surface area contributed by atoms with Gasteiger partial charge in [0.1, 0.15) is 6.61 Å². The molecular formula is C37H75NO6. The fourth-order valence-electron chi connectivity index (χ4n) is 3.44. The van der Waals surface area contributed by atoms with Gasteiger partial charge in [0.05, 0.1) is 22.9 Å². The lowest BCUT2D eigenvalue weighted by molar-refractivity contribution is -0.155. The number of nitrogens with zero attached hydrogens (tertiary/aromatic N) is 1. The van der Waals surface area contributed by atoms with E-state index in [9.17, 15) is 14.4 Å². The Morgan fingerprint density at radius 3 is 1.11 bits per heavy atom. The third-order valence-electron chi connectivity index (χ3n) is 8.59. The summed E-state index contributed by atoms with van der Waals surface area (Å²) < 4.78 is 10.5. The Balaban J connectivity index is -0.000000668. The summed E-state index contributed by atoms with van der Waals surface area (Å²) in [5.41, 5.74) is -1.21. The van der Waals surface area contributed by atoms with Crippen molar-refractivity contribution in [2.24, 2.45) is 16.2 Å². The van der Waals surface area contributed by atoms with E-state index in [1.165, 1.54) is 77.0 Å². The minimum atomic E-state index is -0.722. The number of carbonyl (C=O) groups is 3. The molecule has 1 N–H and O–H groups in total. The molecule has 0 spiro atoms. The molecule has 0 unspecified atom stereocenters. The van der Waals surface area contributed by atoms with Crippen molar-refractivity contribution >= 4 is 17.9 Å². The van der Waals surface area contributed by atoms with E-state index in [1.807, 2.05) is 67.5 Å². The fourth-order valence-corrected chi connectivity index (χ4v) is 3.44. The molecule has 0 aromatic carbocycles. The summed E-state index contributed by atoms with van der Waals surface area (Å²) in [5, 5.41) is 8.44. The molecule has 0 fully saturated rings. The van der Waals surface area contributed by atoms with Crippen LogP contribution in [0.3, 0.4) is 0 Å². The molecule has 0 rings (SSSR count). The summed E-state index contributed by atoms with van der Waals surface area (Å²) in [4.78, 5) is 35.5. The SMILES string of the molecule is CCC(C)(C)C(=O)O.CCC(C)(C)C(=O)OCCN(C)C.CCCCCCCCCCCCCCCOC(=O)C(C)(C)CC. The normalized spacial score (nSPS) is 11.7. The highest BCUT2D eigenvalue weighted by Crippen LogP contribution is 2.22. The Kier molecular flexibility index (Phi) is 29.4. The monoisotopic (exact) mass is 630 g/mol. The van der Waals surface area contributed by atoms with Gasteiger partial charge in [0.15, 0.2) is 0 Å². The van der Waals surface area contributed by atoms with Crippen LogP contribution < -0.4 is 0 Å². The Morgan fingerprint density at radius 1 is 0.523 bits per heavy atom. The fraction of sp³-hybridized carbons (Fsp3) is 0.919. The first-order valence-electron chi connectivity index (χ1n) is 17.7. The van der Waals surface area contributed by atoms with Crippen LogP contribution in [0.1, 0.15) is 172 Å². The summed E-state index contributed by atoms with van der Waals surface area (Å²) in [7, 11) is 3.91. The molecule has 0 saturated carbocycles. The molecule has 0 heterocycles. The Hall–Kier alpha value is -1.63. The number of carboxylic acids is 1. The third kappa shape index (κ3) is 27.9. The number of rotatable bonds is 23. The topological polar surface area (TPSA) is 93.1 Å². The number of hydrogen-bond acceptors (Lipinski definition) is 6.